The molecular weight excluding hydrogens is 250 g/mol. The summed E-state index contributed by atoms with van der Waals surface area (Å²) in [7, 11) is 4.05. The number of hydrogen-bond donors (Lipinski definition) is 1. The van der Waals surface area contributed by atoms with Crippen LogP contribution in [-0.4, -0.2) is 24.9 Å². The van der Waals surface area contributed by atoms with E-state index in [1.165, 1.54) is 0 Å². The number of nitriles is 1. The second kappa shape index (κ2) is 4.60. The minimum atomic E-state index is -0.270. The monoisotopic (exact) mass is 269 g/mol. The molecule has 2 aliphatic rings. The molecule has 3 rings (SSSR count). The van der Waals surface area contributed by atoms with Crippen LogP contribution in [-0.2, 0) is 11.2 Å². The van der Waals surface area contributed by atoms with Crippen LogP contribution in [0.5, 0.6) is 0 Å². The number of amides is 1. The number of nitrogens with one attached hydrogen (secondary N) is 1. The molecule has 1 atom stereocenters. The maximum Gasteiger partial charge on any atom is 0.228 e. The Hall–Kier alpha value is -1.86. The third kappa shape index (κ3) is 1.90. The lowest BCUT2D eigenvalue weighted by molar-refractivity contribution is -0.115. The molecule has 20 heavy (non-hydrogen) atoms. The summed E-state index contributed by atoms with van der Waals surface area (Å²) in [6, 6.07) is 8.76. The van der Waals surface area contributed by atoms with Gasteiger partial charge in [-0.15, -0.1) is 0 Å². The molecule has 4 heteroatoms. The molecule has 0 aromatic heterocycles. The van der Waals surface area contributed by atoms with Crippen molar-refractivity contribution in [2.45, 2.75) is 31.7 Å². The standard InChI is InChI=1S/C16H19N3O/c1-19(2)15(16(10-17)6-3-7-16)11-4-5-13-12(8-11)9-14(20)18-13/h4-5,8,15H,3,6-7,9H2,1-2H3,(H,18,20). The lowest BCUT2D eigenvalue weighted by Gasteiger charge is -2.45. The van der Waals surface area contributed by atoms with E-state index < -0.39 is 0 Å². The molecule has 104 valence electrons. The van der Waals surface area contributed by atoms with Crippen molar-refractivity contribution in [2.24, 2.45) is 5.41 Å². The molecule has 1 amide bonds. The molecule has 1 aliphatic carbocycles. The van der Waals surface area contributed by atoms with Gasteiger partial charge in [0.2, 0.25) is 5.91 Å². The lowest BCUT2D eigenvalue weighted by atomic mass is 9.63. The number of anilines is 1. The number of hydrogen-bond acceptors (Lipinski definition) is 3. The van der Waals surface area contributed by atoms with Gasteiger partial charge in [0.15, 0.2) is 0 Å². The van der Waals surface area contributed by atoms with E-state index in [-0.39, 0.29) is 17.4 Å². The summed E-state index contributed by atoms with van der Waals surface area (Å²) in [5.74, 6) is 0.0530. The van der Waals surface area contributed by atoms with E-state index in [1.807, 2.05) is 26.2 Å². The maximum absolute atomic E-state index is 11.5. The van der Waals surface area contributed by atoms with Crippen LogP contribution < -0.4 is 5.32 Å². The third-order valence-electron chi connectivity index (χ3n) is 4.58. The molecule has 1 aromatic rings. The van der Waals surface area contributed by atoms with E-state index in [0.717, 1.165) is 36.1 Å². The maximum atomic E-state index is 11.5. The van der Waals surface area contributed by atoms with Crippen molar-refractivity contribution in [3.05, 3.63) is 29.3 Å². The molecule has 0 saturated heterocycles. The Labute approximate surface area is 119 Å². The lowest BCUT2D eigenvalue weighted by Crippen LogP contribution is -2.41. The first kappa shape index (κ1) is 13.1. The van der Waals surface area contributed by atoms with Crippen LogP contribution in [0.2, 0.25) is 0 Å². The highest BCUT2D eigenvalue weighted by Gasteiger charge is 2.46. The average Bonchev–Trinajstić information content (AvgIpc) is 2.72. The minimum Gasteiger partial charge on any atom is -0.326 e. The highest BCUT2D eigenvalue weighted by molar-refractivity contribution is 5.99. The highest BCUT2D eigenvalue weighted by atomic mass is 16.1. The van der Waals surface area contributed by atoms with Crippen molar-refractivity contribution >= 4 is 11.6 Å². The number of benzene rings is 1. The van der Waals surface area contributed by atoms with Gasteiger partial charge in [0.1, 0.15) is 0 Å². The summed E-state index contributed by atoms with van der Waals surface area (Å²) in [4.78, 5) is 13.6. The van der Waals surface area contributed by atoms with Crippen molar-refractivity contribution in [3.8, 4) is 6.07 Å². The zero-order valence-electron chi connectivity index (χ0n) is 11.9. The minimum absolute atomic E-state index is 0.0530. The van der Waals surface area contributed by atoms with Crippen LogP contribution in [0.15, 0.2) is 18.2 Å². The van der Waals surface area contributed by atoms with Gasteiger partial charge in [-0.2, -0.15) is 5.26 Å². The largest absolute Gasteiger partial charge is 0.326 e. The summed E-state index contributed by atoms with van der Waals surface area (Å²) >= 11 is 0. The van der Waals surface area contributed by atoms with E-state index in [2.05, 4.69) is 22.4 Å². The molecule has 0 bridgehead atoms. The first-order valence-corrected chi connectivity index (χ1v) is 7.06. The Morgan fingerprint density at radius 3 is 2.70 bits per heavy atom. The summed E-state index contributed by atoms with van der Waals surface area (Å²) in [5, 5.41) is 12.5. The van der Waals surface area contributed by atoms with E-state index in [4.69, 9.17) is 0 Å². The van der Waals surface area contributed by atoms with Crippen molar-refractivity contribution in [1.82, 2.24) is 4.90 Å². The van der Waals surface area contributed by atoms with Gasteiger partial charge < -0.3 is 10.2 Å². The van der Waals surface area contributed by atoms with E-state index in [0.29, 0.717) is 6.42 Å². The Kier molecular flexibility index (Phi) is 3.02. The van der Waals surface area contributed by atoms with Crippen LogP contribution in [0.3, 0.4) is 0 Å². The van der Waals surface area contributed by atoms with Crippen LogP contribution in [0.25, 0.3) is 0 Å². The molecule has 1 fully saturated rings. The number of rotatable bonds is 3. The SMILES string of the molecule is CN(C)C(c1ccc2c(c1)CC(=O)N2)C1(C#N)CCC1. The van der Waals surface area contributed by atoms with E-state index in [1.54, 1.807) is 0 Å². The van der Waals surface area contributed by atoms with Crippen LogP contribution in [0, 0.1) is 16.7 Å². The second-order valence-corrected chi connectivity index (χ2v) is 6.13. The molecule has 1 aliphatic heterocycles. The van der Waals surface area contributed by atoms with Gasteiger partial charge in [-0.1, -0.05) is 18.6 Å². The van der Waals surface area contributed by atoms with Gasteiger partial charge in [-0.05, 0) is 44.1 Å². The van der Waals surface area contributed by atoms with Crippen molar-refractivity contribution in [2.75, 3.05) is 19.4 Å². The fraction of sp³-hybridized carbons (Fsp3) is 0.500. The number of fused-ring (bicyclic) bond motifs is 1. The molecular formula is C16H19N3O. The fourth-order valence-electron chi connectivity index (χ4n) is 3.53. The molecule has 1 unspecified atom stereocenters. The average molecular weight is 269 g/mol. The molecule has 1 heterocycles. The van der Waals surface area contributed by atoms with Crippen molar-refractivity contribution in [1.29, 1.82) is 5.26 Å². The molecule has 4 nitrogen and oxygen atoms in total. The van der Waals surface area contributed by atoms with Crippen LogP contribution >= 0.6 is 0 Å². The third-order valence-corrected chi connectivity index (χ3v) is 4.58. The summed E-state index contributed by atoms with van der Waals surface area (Å²) in [5.41, 5.74) is 2.84. The Bertz CT molecular complexity index is 596. The molecule has 0 radical (unpaired) electrons. The van der Waals surface area contributed by atoms with Gasteiger partial charge in [0.25, 0.3) is 0 Å². The predicted octanol–water partition coefficient (Wildman–Crippen LogP) is 2.48. The van der Waals surface area contributed by atoms with Crippen molar-refractivity contribution in [3.63, 3.8) is 0 Å². The number of carbonyl (C=O) groups is 1. The zero-order chi connectivity index (χ0) is 14.3. The van der Waals surface area contributed by atoms with Gasteiger partial charge in [0, 0.05) is 5.69 Å². The number of carbonyl (C=O) groups excluding carboxylic acids is 1. The summed E-state index contributed by atoms with van der Waals surface area (Å²) in [6.07, 6.45) is 3.49. The van der Waals surface area contributed by atoms with E-state index in [9.17, 15) is 10.1 Å². The van der Waals surface area contributed by atoms with Gasteiger partial charge >= 0.3 is 0 Å². The predicted molar refractivity (Wildman–Crippen MR) is 77.1 cm³/mol. The first-order chi connectivity index (χ1) is 9.55. The zero-order valence-corrected chi connectivity index (χ0v) is 11.9. The molecule has 1 saturated carbocycles. The molecule has 0 spiro atoms. The highest BCUT2D eigenvalue weighted by Crippen LogP contribution is 2.52. The van der Waals surface area contributed by atoms with Crippen LogP contribution in [0.1, 0.15) is 36.4 Å². The summed E-state index contributed by atoms with van der Waals surface area (Å²) < 4.78 is 0. The molecule has 1 N–H and O–H groups in total. The Morgan fingerprint density at radius 2 is 2.15 bits per heavy atom. The first-order valence-electron chi connectivity index (χ1n) is 7.06. The Morgan fingerprint density at radius 1 is 1.40 bits per heavy atom. The van der Waals surface area contributed by atoms with Crippen molar-refractivity contribution < 1.29 is 4.79 Å². The van der Waals surface area contributed by atoms with Gasteiger partial charge in [-0.3, -0.25) is 4.79 Å². The van der Waals surface area contributed by atoms with Gasteiger partial charge in [0.05, 0.1) is 23.9 Å². The second-order valence-electron chi connectivity index (χ2n) is 6.13. The smallest absolute Gasteiger partial charge is 0.228 e. The number of nitrogens with zero attached hydrogens (tertiary/aromatic N) is 2. The summed E-state index contributed by atoms with van der Waals surface area (Å²) in [6.45, 7) is 0. The fourth-order valence-corrected chi connectivity index (χ4v) is 3.53. The quantitative estimate of drug-likeness (QED) is 0.917. The normalized spacial score (nSPS) is 20.8. The Balaban J connectivity index is 2.00. The topological polar surface area (TPSA) is 56.1 Å². The van der Waals surface area contributed by atoms with Crippen LogP contribution in [0.4, 0.5) is 5.69 Å². The molecule has 1 aromatic carbocycles. The van der Waals surface area contributed by atoms with E-state index >= 15 is 0 Å². The van der Waals surface area contributed by atoms with Gasteiger partial charge in [-0.25, -0.2) is 0 Å².